The monoisotopic (exact) mass is 516 g/mol. The normalized spacial score (nSPS) is 17.2. The van der Waals surface area contributed by atoms with Crippen molar-refractivity contribution < 1.29 is 14.6 Å². The summed E-state index contributed by atoms with van der Waals surface area (Å²) < 4.78 is 5.07. The van der Waals surface area contributed by atoms with Crippen LogP contribution >= 0.6 is 24.0 Å². The van der Waals surface area contributed by atoms with Gasteiger partial charge in [-0.15, -0.1) is 24.0 Å². The highest BCUT2D eigenvalue weighted by Crippen LogP contribution is 2.30. The van der Waals surface area contributed by atoms with E-state index in [1.165, 1.54) is 24.0 Å². The molecule has 0 unspecified atom stereocenters. The topological polar surface area (TPSA) is 86.2 Å². The third-order valence-corrected chi connectivity index (χ3v) is 5.64. The van der Waals surface area contributed by atoms with Crippen LogP contribution in [0.5, 0.6) is 5.75 Å². The molecule has 0 aromatic heterocycles. The molecule has 1 fully saturated rings. The number of fused-ring (bicyclic) bond motifs is 1. The van der Waals surface area contributed by atoms with Crippen molar-refractivity contribution in [1.82, 2.24) is 15.5 Å². The minimum Gasteiger partial charge on any atom is -0.508 e. The number of amides is 1. The zero-order valence-electron chi connectivity index (χ0n) is 17.4. The van der Waals surface area contributed by atoms with Crippen molar-refractivity contribution in [1.29, 1.82) is 0 Å². The molecule has 0 saturated carbocycles. The number of piperidine rings is 1. The van der Waals surface area contributed by atoms with Crippen molar-refractivity contribution in [2.24, 2.45) is 4.99 Å². The van der Waals surface area contributed by atoms with E-state index in [4.69, 9.17) is 4.74 Å². The Morgan fingerprint density at radius 1 is 1.28 bits per heavy atom. The number of nitrogens with one attached hydrogen (secondary N) is 2. The second-order valence-electron chi connectivity index (χ2n) is 7.44. The lowest BCUT2D eigenvalue weighted by atomic mass is 9.88. The Labute approximate surface area is 190 Å². The summed E-state index contributed by atoms with van der Waals surface area (Å²) >= 11 is 0. The van der Waals surface area contributed by atoms with Crippen LogP contribution in [-0.2, 0) is 24.1 Å². The Bertz CT molecular complexity index is 718. The van der Waals surface area contributed by atoms with Crippen LogP contribution in [0.1, 0.15) is 49.3 Å². The third kappa shape index (κ3) is 6.13. The molecule has 8 heteroatoms. The number of guanidine groups is 1. The summed E-state index contributed by atoms with van der Waals surface area (Å²) in [5.74, 6) is 1.08. The number of benzene rings is 1. The molecule has 1 aliphatic carbocycles. The molecular weight excluding hydrogens is 483 g/mol. The van der Waals surface area contributed by atoms with Crippen molar-refractivity contribution >= 4 is 36.0 Å². The van der Waals surface area contributed by atoms with Gasteiger partial charge in [0.25, 0.3) is 0 Å². The first-order chi connectivity index (χ1) is 13.6. The summed E-state index contributed by atoms with van der Waals surface area (Å²) in [6.45, 7) is 4.14. The predicted octanol–water partition coefficient (Wildman–Crippen LogP) is 3.17. The van der Waals surface area contributed by atoms with Crippen LogP contribution in [0.25, 0.3) is 0 Å². The second-order valence-corrected chi connectivity index (χ2v) is 7.44. The van der Waals surface area contributed by atoms with Gasteiger partial charge in [-0.25, -0.2) is 4.79 Å². The second kappa shape index (κ2) is 11.5. The molecule has 0 bridgehead atoms. The molecule has 1 aliphatic heterocycles. The highest BCUT2D eigenvalue weighted by molar-refractivity contribution is 14.0. The Morgan fingerprint density at radius 2 is 2.00 bits per heavy atom. The molecule has 2 aliphatic rings. The van der Waals surface area contributed by atoms with Crippen molar-refractivity contribution in [3.8, 4) is 5.75 Å². The first kappa shape index (κ1) is 23.6. The third-order valence-electron chi connectivity index (χ3n) is 5.64. The summed E-state index contributed by atoms with van der Waals surface area (Å²) in [5.41, 5.74) is 3.63. The van der Waals surface area contributed by atoms with Gasteiger partial charge >= 0.3 is 6.09 Å². The van der Waals surface area contributed by atoms with Gasteiger partial charge in [-0.2, -0.15) is 0 Å². The molecule has 0 radical (unpaired) electrons. The molecule has 3 N–H and O–H groups in total. The summed E-state index contributed by atoms with van der Waals surface area (Å²) in [6.07, 6.45) is 5.99. The van der Waals surface area contributed by atoms with Crippen LogP contribution < -0.4 is 10.6 Å². The average molecular weight is 516 g/mol. The number of hydrogen-bond acceptors (Lipinski definition) is 4. The maximum Gasteiger partial charge on any atom is 0.409 e. The fraction of sp³-hybridized carbons (Fsp3) is 0.619. The number of phenols is 1. The Kier molecular flexibility index (Phi) is 9.32. The Morgan fingerprint density at radius 3 is 2.69 bits per heavy atom. The summed E-state index contributed by atoms with van der Waals surface area (Å²) in [5, 5.41) is 17.1. The summed E-state index contributed by atoms with van der Waals surface area (Å²) in [7, 11) is 1.75. The van der Waals surface area contributed by atoms with Gasteiger partial charge in [-0.1, -0.05) is 6.07 Å². The van der Waals surface area contributed by atoms with Gasteiger partial charge in [-0.05, 0) is 62.6 Å². The van der Waals surface area contributed by atoms with E-state index in [1.807, 2.05) is 13.0 Å². The van der Waals surface area contributed by atoms with E-state index < -0.39 is 0 Å². The fourth-order valence-corrected chi connectivity index (χ4v) is 4.07. The van der Waals surface area contributed by atoms with Crippen molar-refractivity contribution in [3.05, 3.63) is 28.8 Å². The SMILES string of the molecule is CCOC(=O)N1CCC(NC(=NC)NCc2c(O)ccc3c2CCCC3)CC1.I. The van der Waals surface area contributed by atoms with Crippen LogP contribution in [0.3, 0.4) is 0 Å². The molecule has 7 nitrogen and oxygen atoms in total. The lowest BCUT2D eigenvalue weighted by Gasteiger charge is -2.32. The lowest BCUT2D eigenvalue weighted by molar-refractivity contribution is 0.0963. The fourth-order valence-electron chi connectivity index (χ4n) is 4.07. The van der Waals surface area contributed by atoms with E-state index in [0.717, 1.165) is 37.2 Å². The summed E-state index contributed by atoms with van der Waals surface area (Å²) in [4.78, 5) is 17.9. The highest BCUT2D eigenvalue weighted by Gasteiger charge is 2.24. The van der Waals surface area contributed by atoms with Gasteiger partial charge in [0.1, 0.15) is 5.75 Å². The van der Waals surface area contributed by atoms with Crippen molar-refractivity contribution in [3.63, 3.8) is 0 Å². The number of aromatic hydroxyl groups is 1. The van der Waals surface area contributed by atoms with Gasteiger partial charge in [0.15, 0.2) is 5.96 Å². The average Bonchev–Trinajstić information content (AvgIpc) is 2.72. The minimum absolute atomic E-state index is 0. The lowest BCUT2D eigenvalue weighted by Crippen LogP contribution is -2.49. The molecule has 1 aromatic rings. The first-order valence-corrected chi connectivity index (χ1v) is 10.3. The molecule has 1 heterocycles. The molecule has 162 valence electrons. The maximum atomic E-state index is 11.8. The van der Waals surface area contributed by atoms with E-state index in [2.05, 4.69) is 21.7 Å². The molecule has 1 aromatic carbocycles. The van der Waals surface area contributed by atoms with Crippen LogP contribution in [0.15, 0.2) is 17.1 Å². The largest absolute Gasteiger partial charge is 0.508 e. The van der Waals surface area contributed by atoms with Crippen molar-refractivity contribution in [2.45, 2.75) is 58.0 Å². The number of rotatable bonds is 4. The number of hydrogen-bond donors (Lipinski definition) is 3. The Hall–Kier alpha value is -1.71. The van der Waals surface area contributed by atoms with E-state index in [9.17, 15) is 9.90 Å². The molecule has 1 amide bonds. The van der Waals surface area contributed by atoms with Crippen molar-refractivity contribution in [2.75, 3.05) is 26.7 Å². The molecule has 0 atom stereocenters. The molecule has 0 spiro atoms. The quantitative estimate of drug-likeness (QED) is 0.325. The number of ether oxygens (including phenoxy) is 1. The van der Waals surface area contributed by atoms with E-state index in [-0.39, 0.29) is 36.1 Å². The zero-order chi connectivity index (χ0) is 19.9. The number of halogens is 1. The van der Waals surface area contributed by atoms with Gasteiger partial charge in [0.05, 0.1) is 6.61 Å². The standard InChI is InChI=1S/C21H32N4O3.HI/c1-3-28-21(27)25-12-10-16(11-13-25)24-20(22-2)23-14-18-17-7-5-4-6-15(17)8-9-19(18)26;/h8-9,16,26H,3-7,10-14H2,1-2H3,(H2,22,23,24);1H. The van der Waals surface area contributed by atoms with Gasteiger partial charge in [-0.3, -0.25) is 4.99 Å². The highest BCUT2D eigenvalue weighted by atomic mass is 127. The number of carbonyl (C=O) groups is 1. The summed E-state index contributed by atoms with van der Waals surface area (Å²) in [6, 6.07) is 4.12. The van der Waals surface area contributed by atoms with Crippen LogP contribution in [0.4, 0.5) is 4.79 Å². The Balaban J connectivity index is 0.00000300. The molecule has 29 heavy (non-hydrogen) atoms. The number of aryl methyl sites for hydroxylation is 1. The zero-order valence-corrected chi connectivity index (χ0v) is 19.7. The predicted molar refractivity (Wildman–Crippen MR) is 125 cm³/mol. The number of nitrogens with zero attached hydrogens (tertiary/aromatic N) is 2. The minimum atomic E-state index is -0.229. The molecule has 3 rings (SSSR count). The van der Waals surface area contributed by atoms with Gasteiger partial charge in [0.2, 0.25) is 0 Å². The van der Waals surface area contributed by atoms with E-state index in [0.29, 0.717) is 32.0 Å². The van der Waals surface area contributed by atoms with Gasteiger partial charge < -0.3 is 25.4 Å². The van der Waals surface area contributed by atoms with Gasteiger partial charge in [0, 0.05) is 38.3 Å². The molecule has 1 saturated heterocycles. The molecular formula is C21H33IN4O3. The van der Waals surface area contributed by atoms with Crippen LogP contribution in [0, 0.1) is 0 Å². The number of carbonyl (C=O) groups excluding carboxylic acids is 1. The maximum absolute atomic E-state index is 11.8. The number of phenolic OH excluding ortho intramolecular Hbond substituents is 1. The van der Waals surface area contributed by atoms with E-state index >= 15 is 0 Å². The number of likely N-dealkylation sites (tertiary alicyclic amines) is 1. The van der Waals surface area contributed by atoms with E-state index in [1.54, 1.807) is 11.9 Å². The van der Waals surface area contributed by atoms with Crippen LogP contribution in [0.2, 0.25) is 0 Å². The first-order valence-electron chi connectivity index (χ1n) is 10.3. The van der Waals surface area contributed by atoms with Crippen LogP contribution in [-0.4, -0.2) is 54.8 Å². The smallest absolute Gasteiger partial charge is 0.409 e. The number of aliphatic imine (C=N–C) groups is 1.